The van der Waals surface area contributed by atoms with E-state index in [-0.39, 0.29) is 12.0 Å². The van der Waals surface area contributed by atoms with Gasteiger partial charge in [-0.05, 0) is 103 Å². The van der Waals surface area contributed by atoms with Gasteiger partial charge in [0.15, 0.2) is 0 Å². The van der Waals surface area contributed by atoms with E-state index in [4.69, 9.17) is 9.47 Å². The summed E-state index contributed by atoms with van der Waals surface area (Å²) in [6, 6.07) is 1.67. The van der Waals surface area contributed by atoms with E-state index < -0.39 is 87.6 Å². The van der Waals surface area contributed by atoms with Crippen LogP contribution in [0.15, 0.2) is 6.07 Å². The average Bonchev–Trinajstić information content (AvgIpc) is 3.38. The minimum atomic E-state index is -6.57. The maximum absolute atomic E-state index is 13.7. The summed E-state index contributed by atoms with van der Waals surface area (Å²) < 4.78 is 133. The maximum atomic E-state index is 13.7. The number of alkyl halides is 6. The highest BCUT2D eigenvalue weighted by Gasteiger charge is 2.77. The minimum Gasteiger partial charge on any atom is -0.748 e. The van der Waals surface area contributed by atoms with Crippen LogP contribution in [0.1, 0.15) is 16.8 Å². The van der Waals surface area contributed by atoms with Gasteiger partial charge in [0.05, 0.1) is 33.3 Å². The maximum Gasteiger partial charge on any atom is 0.438 e. The molecule has 0 spiro atoms. The highest BCUT2D eigenvalue weighted by Crippen LogP contribution is 2.60. The van der Waals surface area contributed by atoms with Crippen LogP contribution in [0.3, 0.4) is 0 Å². The van der Waals surface area contributed by atoms with Crippen LogP contribution in [0, 0.1) is 38.0 Å². The van der Waals surface area contributed by atoms with E-state index in [1.54, 1.807) is 6.07 Å². The number of carbonyl (C=O) groups is 3. The Hall–Kier alpha value is 0.0400. The van der Waals surface area contributed by atoms with Crippen LogP contribution in [-0.2, 0) is 33.9 Å². The number of rotatable bonds is 6. The van der Waals surface area contributed by atoms with Crippen molar-refractivity contribution in [2.75, 3.05) is 5.75 Å². The van der Waals surface area contributed by atoms with E-state index in [9.17, 15) is 53.7 Å². The second-order valence-electron chi connectivity index (χ2n) is 9.18. The molecule has 0 aromatic heterocycles. The fourth-order valence-corrected chi connectivity index (χ4v) is 10.5. The third-order valence-electron chi connectivity index (χ3n) is 6.95. The molecule has 40 heavy (non-hydrogen) atoms. The summed E-state index contributed by atoms with van der Waals surface area (Å²) in [6.07, 6.45) is -15.8. The van der Waals surface area contributed by atoms with Crippen molar-refractivity contribution in [1.29, 1.82) is 0 Å². The van der Waals surface area contributed by atoms with Gasteiger partial charge in [-0.15, -0.1) is 0 Å². The molecule has 0 amide bonds. The molecule has 1 heterocycles. The second kappa shape index (κ2) is 10.9. The first-order valence-corrected chi connectivity index (χ1v) is 16.5. The molecule has 1 aromatic carbocycles. The Balaban J connectivity index is 1.69. The lowest BCUT2D eigenvalue weighted by atomic mass is 9.78. The Labute approximate surface area is 275 Å². The minimum absolute atomic E-state index is 0.114. The molecule has 2 aliphatic carbocycles. The van der Waals surface area contributed by atoms with Gasteiger partial charge in [0, 0.05) is 26.1 Å². The highest BCUT2D eigenvalue weighted by atomic mass is 127. The molecule has 2 bridgehead atoms. The average molecular weight is 1050 g/mol. The fraction of sp³-hybridized carbons (Fsp3) is 0.550. The smallest absolute Gasteiger partial charge is 0.438 e. The molecule has 1 aliphatic heterocycles. The van der Waals surface area contributed by atoms with E-state index in [1.807, 2.05) is 90.4 Å². The summed E-state index contributed by atoms with van der Waals surface area (Å²) >= 11 is 7.80. The van der Waals surface area contributed by atoms with Crippen molar-refractivity contribution in [3.8, 4) is 0 Å². The Morgan fingerprint density at radius 2 is 1.57 bits per heavy atom. The largest absolute Gasteiger partial charge is 0.748 e. The Morgan fingerprint density at radius 3 is 2.10 bits per heavy atom. The molecular weight excluding hydrogens is 1040 g/mol. The van der Waals surface area contributed by atoms with E-state index >= 15 is 0 Å². The summed E-state index contributed by atoms with van der Waals surface area (Å²) in [5.41, 5.74) is -5.58. The van der Waals surface area contributed by atoms with Gasteiger partial charge >= 0.3 is 35.9 Å². The topological polar surface area (TPSA) is 136 Å². The third kappa shape index (κ3) is 5.54. The first-order chi connectivity index (χ1) is 18.1. The van der Waals surface area contributed by atoms with Crippen LogP contribution in [0.4, 0.5) is 26.3 Å². The van der Waals surface area contributed by atoms with E-state index in [0.29, 0.717) is 10.7 Å². The number of hydrogen-bond acceptors (Lipinski definition) is 9. The van der Waals surface area contributed by atoms with Crippen LogP contribution in [0.25, 0.3) is 0 Å². The van der Waals surface area contributed by atoms with Gasteiger partial charge in [-0.2, -0.15) is 26.3 Å². The zero-order valence-electron chi connectivity index (χ0n) is 18.8. The van der Waals surface area contributed by atoms with E-state index in [0.717, 1.165) is 3.57 Å². The number of esters is 3. The first-order valence-electron chi connectivity index (χ1n) is 10.7. The summed E-state index contributed by atoms with van der Waals surface area (Å²) in [4.78, 5) is 38.7. The van der Waals surface area contributed by atoms with Gasteiger partial charge in [-0.25, -0.2) is 13.2 Å². The monoisotopic (exact) mass is 1050 g/mol. The van der Waals surface area contributed by atoms with Gasteiger partial charge in [-0.1, -0.05) is 0 Å². The van der Waals surface area contributed by atoms with Crippen molar-refractivity contribution in [1.82, 2.24) is 0 Å². The highest BCUT2D eigenvalue weighted by molar-refractivity contribution is 14.1. The van der Waals surface area contributed by atoms with E-state index in [2.05, 4.69) is 4.74 Å². The molecule has 20 heteroatoms. The molecule has 0 N–H and O–H groups in total. The number of carbonyl (C=O) groups excluding carboxylic acids is 3. The third-order valence-corrected chi connectivity index (χ3v) is 13.7. The molecule has 6 atom stereocenters. The van der Waals surface area contributed by atoms with Crippen LogP contribution >= 0.6 is 90.4 Å². The number of benzene rings is 1. The van der Waals surface area contributed by atoms with E-state index in [1.165, 1.54) is 0 Å². The first kappa shape index (κ1) is 32.9. The second-order valence-corrected chi connectivity index (χ2v) is 15.1. The van der Waals surface area contributed by atoms with Crippen molar-refractivity contribution in [3.63, 3.8) is 0 Å². The van der Waals surface area contributed by atoms with Crippen molar-refractivity contribution >= 4 is 118 Å². The lowest BCUT2D eigenvalue weighted by molar-refractivity contribution is -0.362. The van der Waals surface area contributed by atoms with Crippen molar-refractivity contribution in [3.05, 3.63) is 25.9 Å². The van der Waals surface area contributed by atoms with Crippen LogP contribution < -0.4 is 0 Å². The summed E-state index contributed by atoms with van der Waals surface area (Å²) in [7, 11) is -6.25. The zero-order chi connectivity index (χ0) is 30.3. The normalized spacial score (nSPS) is 28.0. The molecular formula is C20H11F6I4O9S-. The van der Waals surface area contributed by atoms with Gasteiger partial charge in [0.25, 0.3) is 0 Å². The summed E-state index contributed by atoms with van der Waals surface area (Å²) in [5, 5.41) is 0. The molecule has 222 valence electrons. The number of hydrogen-bond donors (Lipinski definition) is 0. The lowest BCUT2D eigenvalue weighted by Gasteiger charge is -2.39. The van der Waals surface area contributed by atoms with Gasteiger partial charge in [0.2, 0.25) is 0 Å². The molecule has 3 fully saturated rings. The van der Waals surface area contributed by atoms with Gasteiger partial charge in [-0.3, -0.25) is 9.59 Å². The molecule has 4 rings (SSSR count). The fourth-order valence-electron chi connectivity index (χ4n) is 5.36. The van der Waals surface area contributed by atoms with Crippen LogP contribution in [0.5, 0.6) is 0 Å². The van der Waals surface area contributed by atoms with Crippen molar-refractivity contribution < 1.29 is 67.9 Å². The summed E-state index contributed by atoms with van der Waals surface area (Å²) in [5.74, 6) is -13.1. The van der Waals surface area contributed by atoms with Crippen molar-refractivity contribution in [2.24, 2.45) is 23.7 Å². The lowest BCUT2D eigenvalue weighted by Crippen LogP contribution is -2.64. The number of ether oxygens (including phenoxy) is 3. The number of fused-ring (bicyclic) bond motifs is 1. The molecule has 9 nitrogen and oxygen atoms in total. The van der Waals surface area contributed by atoms with Crippen molar-refractivity contribution in [2.45, 2.75) is 36.6 Å². The standard InChI is InChI=1S/C20H12F6I4O9S/c21-19(22,23)18(20(24,25)26,3-40(34,35)36)39-17(33)9-5-1-4-8(9)15(31)37-13(4)14(5)38-16(32)10-6(27)2-7(28)11(29)12(10)30/h2,4-5,8-9,13-14H,1,3H2,(H,34,35,36)/p-1. The molecule has 6 unspecified atom stereocenters. The molecule has 1 aromatic rings. The van der Waals surface area contributed by atoms with Gasteiger partial charge in [0.1, 0.15) is 12.2 Å². The summed E-state index contributed by atoms with van der Waals surface area (Å²) in [6.45, 7) is 0. The van der Waals surface area contributed by atoms with Crippen LogP contribution in [0.2, 0.25) is 0 Å². The predicted octanol–water partition coefficient (Wildman–Crippen LogP) is 4.39. The van der Waals surface area contributed by atoms with Gasteiger partial charge < -0.3 is 18.8 Å². The molecule has 0 radical (unpaired) electrons. The Bertz CT molecular complexity index is 1390. The zero-order valence-corrected chi connectivity index (χ0v) is 28.3. The molecule has 2 saturated carbocycles. The predicted molar refractivity (Wildman–Crippen MR) is 150 cm³/mol. The SMILES string of the molecule is O=C(OC1C2CC3C1OC(=O)C3C2C(=O)OC(CS(=O)(=O)[O-])(C(F)(F)F)C(F)(F)F)c1c(I)cc(I)c(I)c1I. The molecule has 1 saturated heterocycles. The van der Waals surface area contributed by atoms with Crippen LogP contribution in [-0.4, -0.2) is 66.8 Å². The Kier molecular flexibility index (Phi) is 8.97. The Morgan fingerprint density at radius 1 is 1.00 bits per heavy atom. The number of halogens is 10. The quantitative estimate of drug-likeness (QED) is 0.0774. The molecule has 3 aliphatic rings.